The van der Waals surface area contributed by atoms with Crippen LogP contribution in [-0.4, -0.2) is 67.2 Å². The Balaban J connectivity index is 2.33. The first-order valence-corrected chi connectivity index (χ1v) is 13.8. The van der Waals surface area contributed by atoms with Gasteiger partial charge in [0.05, 0.1) is 23.7 Å². The van der Waals surface area contributed by atoms with E-state index in [2.05, 4.69) is 16.0 Å². The van der Waals surface area contributed by atoms with Crippen LogP contribution in [0.15, 0.2) is 42.5 Å². The summed E-state index contributed by atoms with van der Waals surface area (Å²) in [6.07, 6.45) is -5.03. The van der Waals surface area contributed by atoms with Crippen LogP contribution in [0.2, 0.25) is 10.0 Å². The van der Waals surface area contributed by atoms with Crippen molar-refractivity contribution in [2.45, 2.75) is 51.0 Å². The van der Waals surface area contributed by atoms with E-state index in [-0.39, 0.29) is 21.2 Å². The molecule has 45 heavy (non-hydrogen) atoms. The van der Waals surface area contributed by atoms with Crippen LogP contribution in [-0.2, 0) is 19.2 Å². The van der Waals surface area contributed by atoms with Gasteiger partial charge in [-0.3, -0.25) is 24.0 Å². The lowest BCUT2D eigenvalue weighted by atomic mass is 9.94. The van der Waals surface area contributed by atoms with Crippen molar-refractivity contribution in [3.05, 3.63) is 63.6 Å². The smallest absolute Gasteiger partial charge is 0.405 e. The normalized spacial score (nSPS) is 13.7. The molecule has 2 aromatic rings. The maximum atomic E-state index is 14.7. The van der Waals surface area contributed by atoms with Crippen LogP contribution in [0.3, 0.4) is 0 Å². The van der Waals surface area contributed by atoms with Gasteiger partial charge in [0.2, 0.25) is 17.6 Å². The van der Waals surface area contributed by atoms with Crippen molar-refractivity contribution in [2.24, 2.45) is 5.92 Å². The molecule has 0 heterocycles. The van der Waals surface area contributed by atoms with Crippen LogP contribution >= 0.6 is 23.2 Å². The first-order valence-electron chi connectivity index (χ1n) is 13.1. The van der Waals surface area contributed by atoms with Gasteiger partial charge in [-0.2, -0.15) is 22.0 Å². The molecule has 0 saturated carbocycles. The average Bonchev–Trinajstić information content (AvgIpc) is 2.97. The van der Waals surface area contributed by atoms with Crippen molar-refractivity contribution in [2.75, 3.05) is 13.7 Å². The Morgan fingerprint density at radius 3 is 1.98 bits per heavy atom. The second kappa shape index (κ2) is 15.3. The third kappa shape index (κ3) is 10.3. The molecular formula is C28H29Cl2F5N4O6. The van der Waals surface area contributed by atoms with Gasteiger partial charge < -0.3 is 26.0 Å². The predicted molar refractivity (Wildman–Crippen MR) is 153 cm³/mol. The Morgan fingerprint density at radius 1 is 0.844 bits per heavy atom. The topological polar surface area (TPSA) is 143 Å². The van der Waals surface area contributed by atoms with Gasteiger partial charge in [0.1, 0.15) is 24.4 Å². The zero-order chi connectivity index (χ0) is 34.3. The fourth-order valence-electron chi connectivity index (χ4n) is 3.75. The lowest BCUT2D eigenvalue weighted by Crippen LogP contribution is -2.58. The van der Waals surface area contributed by atoms with Gasteiger partial charge in [0.15, 0.2) is 0 Å². The van der Waals surface area contributed by atoms with Crippen molar-refractivity contribution in [1.82, 2.24) is 21.3 Å². The van der Waals surface area contributed by atoms with Gasteiger partial charge in [-0.25, -0.2) is 0 Å². The lowest BCUT2D eigenvalue weighted by molar-refractivity contribution is -0.165. The van der Waals surface area contributed by atoms with Crippen molar-refractivity contribution in [3.8, 4) is 5.75 Å². The van der Waals surface area contributed by atoms with E-state index in [4.69, 9.17) is 27.9 Å². The number of methoxy groups -OCH3 is 1. The Labute approximate surface area is 264 Å². The highest BCUT2D eigenvalue weighted by atomic mass is 35.5. The molecule has 3 atom stereocenters. The van der Waals surface area contributed by atoms with E-state index < -0.39 is 72.1 Å². The number of Topliss-reactive ketones (excluding diaryl/α,β-unsaturated/α-hetero) is 1. The number of carbonyl (C=O) groups is 5. The summed E-state index contributed by atoms with van der Waals surface area (Å²) in [6, 6.07) is 4.57. The fourth-order valence-corrected chi connectivity index (χ4v) is 4.12. The second-order valence-electron chi connectivity index (χ2n) is 10.0. The number of hydrogen-bond donors (Lipinski definition) is 4. The minimum Gasteiger partial charge on any atom is -0.497 e. The van der Waals surface area contributed by atoms with Crippen LogP contribution in [0.1, 0.15) is 42.7 Å². The molecule has 0 aliphatic heterocycles. The third-order valence-electron chi connectivity index (χ3n) is 6.20. The highest BCUT2D eigenvalue weighted by molar-refractivity contribution is 6.35. The average molecular weight is 683 g/mol. The second-order valence-corrected chi connectivity index (χ2v) is 10.8. The number of hydrogen-bond acceptors (Lipinski definition) is 6. The molecule has 246 valence electrons. The standard InChI is InChI=1S/C28H29Cl2F5N4O6/c1-13(2)20(22(40)28(34,35)26(44)36-12-27(31,32)33)38-25(43)21(15-5-8-17(45-4)9-6-15)39-23(41)14(3)37-24(42)18-11-16(29)7-10-19(18)30/h5-11,13-14,20-21H,12H2,1-4H3,(H,36,44)(H,37,42)(H,38,43)(H,39,41). The molecule has 0 bridgehead atoms. The van der Waals surface area contributed by atoms with Gasteiger partial charge in [-0.05, 0) is 48.7 Å². The number of ether oxygens (including phenoxy) is 1. The van der Waals surface area contributed by atoms with E-state index >= 15 is 0 Å². The summed E-state index contributed by atoms with van der Waals surface area (Å²) < 4.78 is 71.7. The SMILES string of the molecule is COc1ccc(C(NC(=O)C(C)NC(=O)c2cc(Cl)ccc2Cl)C(=O)NC(C(=O)C(F)(F)C(=O)NCC(F)(F)F)C(C)C)cc1. The molecule has 0 aliphatic rings. The molecule has 0 spiro atoms. The fraction of sp³-hybridized carbons (Fsp3) is 0.393. The van der Waals surface area contributed by atoms with Crippen LogP contribution < -0.4 is 26.0 Å². The molecule has 0 saturated heterocycles. The minimum absolute atomic E-state index is 0.0354. The molecule has 2 aromatic carbocycles. The number of ketones is 1. The predicted octanol–water partition coefficient (Wildman–Crippen LogP) is 4.00. The molecule has 3 unspecified atom stereocenters. The van der Waals surface area contributed by atoms with Crippen LogP contribution in [0.4, 0.5) is 22.0 Å². The largest absolute Gasteiger partial charge is 0.497 e. The summed E-state index contributed by atoms with van der Waals surface area (Å²) in [5.74, 6) is -13.3. The number of alkyl halides is 5. The van der Waals surface area contributed by atoms with Crippen molar-refractivity contribution in [1.29, 1.82) is 0 Å². The van der Waals surface area contributed by atoms with Crippen LogP contribution in [0, 0.1) is 5.92 Å². The Morgan fingerprint density at radius 2 is 1.44 bits per heavy atom. The Kier molecular flexibility index (Phi) is 12.7. The number of amides is 4. The summed E-state index contributed by atoms with van der Waals surface area (Å²) in [7, 11) is 1.36. The molecule has 4 N–H and O–H groups in total. The van der Waals surface area contributed by atoms with Crippen LogP contribution in [0.25, 0.3) is 0 Å². The molecule has 0 aromatic heterocycles. The monoisotopic (exact) mass is 682 g/mol. The van der Waals surface area contributed by atoms with E-state index in [1.165, 1.54) is 70.3 Å². The quantitative estimate of drug-likeness (QED) is 0.186. The molecule has 0 aliphatic carbocycles. The first kappa shape index (κ1) is 37.2. The number of nitrogens with one attached hydrogen (secondary N) is 4. The summed E-state index contributed by atoms with van der Waals surface area (Å²) in [5.41, 5.74) is 0.0365. The molecule has 0 fully saturated rings. The zero-order valence-electron chi connectivity index (χ0n) is 24.2. The Bertz CT molecular complexity index is 1420. The lowest BCUT2D eigenvalue weighted by Gasteiger charge is -2.28. The van der Waals surface area contributed by atoms with E-state index in [0.717, 1.165) is 5.32 Å². The van der Waals surface area contributed by atoms with Gasteiger partial charge in [0.25, 0.3) is 11.8 Å². The number of carbonyl (C=O) groups excluding carboxylic acids is 5. The van der Waals surface area contributed by atoms with Gasteiger partial charge in [0, 0.05) is 5.02 Å². The van der Waals surface area contributed by atoms with Gasteiger partial charge in [-0.1, -0.05) is 49.2 Å². The maximum absolute atomic E-state index is 14.7. The molecule has 2 rings (SSSR count). The molecule has 10 nitrogen and oxygen atoms in total. The van der Waals surface area contributed by atoms with Crippen molar-refractivity contribution < 1.29 is 50.7 Å². The molecule has 0 radical (unpaired) electrons. The minimum atomic E-state index is -5.03. The number of rotatable bonds is 13. The Hall–Kier alpha value is -3.98. The van der Waals surface area contributed by atoms with Crippen molar-refractivity contribution in [3.63, 3.8) is 0 Å². The third-order valence-corrected chi connectivity index (χ3v) is 6.77. The summed E-state index contributed by atoms with van der Waals surface area (Å²) >= 11 is 11.9. The maximum Gasteiger partial charge on any atom is 0.405 e. The molecule has 4 amide bonds. The molecule has 17 heteroatoms. The summed E-state index contributed by atoms with van der Waals surface area (Å²) in [6.45, 7) is 1.64. The van der Waals surface area contributed by atoms with Crippen molar-refractivity contribution >= 4 is 52.6 Å². The highest BCUT2D eigenvalue weighted by Gasteiger charge is 2.52. The van der Waals surface area contributed by atoms with E-state index in [9.17, 15) is 45.9 Å². The molecular weight excluding hydrogens is 654 g/mol. The van der Waals surface area contributed by atoms with Gasteiger partial charge >= 0.3 is 12.1 Å². The zero-order valence-corrected chi connectivity index (χ0v) is 25.7. The summed E-state index contributed by atoms with van der Waals surface area (Å²) in [4.78, 5) is 63.8. The van der Waals surface area contributed by atoms with Gasteiger partial charge in [-0.15, -0.1) is 0 Å². The summed E-state index contributed by atoms with van der Waals surface area (Å²) in [5, 5.41) is 8.00. The number of halogens is 7. The van der Waals surface area contributed by atoms with Crippen LogP contribution in [0.5, 0.6) is 5.75 Å². The number of benzene rings is 2. The first-order chi connectivity index (χ1) is 20.8. The van der Waals surface area contributed by atoms with E-state index in [0.29, 0.717) is 5.75 Å². The van der Waals surface area contributed by atoms with E-state index in [1.807, 2.05) is 0 Å². The highest BCUT2D eigenvalue weighted by Crippen LogP contribution is 2.24. The van der Waals surface area contributed by atoms with E-state index in [1.54, 1.807) is 0 Å².